The highest BCUT2D eigenvalue weighted by Gasteiger charge is 2.38. The van der Waals surface area contributed by atoms with Crippen LogP contribution < -0.4 is 5.32 Å². The van der Waals surface area contributed by atoms with E-state index in [4.69, 9.17) is 0 Å². The zero-order chi connectivity index (χ0) is 9.97. The van der Waals surface area contributed by atoms with E-state index in [0.717, 1.165) is 23.0 Å². The Morgan fingerprint density at radius 3 is 2.79 bits per heavy atom. The van der Waals surface area contributed by atoms with Crippen LogP contribution in [0.2, 0.25) is 0 Å². The van der Waals surface area contributed by atoms with Gasteiger partial charge in [0.25, 0.3) is 0 Å². The van der Waals surface area contributed by atoms with Gasteiger partial charge in [-0.2, -0.15) is 11.8 Å². The second-order valence-electron chi connectivity index (χ2n) is 5.14. The zero-order valence-corrected chi connectivity index (χ0v) is 10.3. The molecule has 14 heavy (non-hydrogen) atoms. The molecule has 0 aromatic carbocycles. The van der Waals surface area contributed by atoms with Gasteiger partial charge in [-0.1, -0.05) is 13.3 Å². The quantitative estimate of drug-likeness (QED) is 0.753. The van der Waals surface area contributed by atoms with Crippen LogP contribution >= 0.6 is 11.8 Å². The lowest BCUT2D eigenvalue weighted by molar-refractivity contribution is 0.320. The smallest absolute Gasteiger partial charge is 0.0141 e. The summed E-state index contributed by atoms with van der Waals surface area (Å²) in [6, 6.07) is 0. The predicted molar refractivity (Wildman–Crippen MR) is 64.8 cm³/mol. The summed E-state index contributed by atoms with van der Waals surface area (Å²) >= 11 is 1.96. The molecule has 2 bridgehead atoms. The molecule has 2 aliphatic rings. The van der Waals surface area contributed by atoms with Crippen molar-refractivity contribution in [3.63, 3.8) is 0 Å². The number of fused-ring (bicyclic) bond motifs is 2. The normalized spacial score (nSPS) is 37.7. The zero-order valence-electron chi connectivity index (χ0n) is 9.46. The maximum Gasteiger partial charge on any atom is 0.0141 e. The molecule has 0 aromatic rings. The summed E-state index contributed by atoms with van der Waals surface area (Å²) in [7, 11) is 0. The minimum atomic E-state index is 0.772. The number of nitrogens with one attached hydrogen (secondary N) is 1. The minimum absolute atomic E-state index is 0.772. The average molecular weight is 213 g/mol. The topological polar surface area (TPSA) is 12.0 Å². The maximum absolute atomic E-state index is 3.64. The number of hydrogen-bond donors (Lipinski definition) is 1. The van der Waals surface area contributed by atoms with Gasteiger partial charge in [0.15, 0.2) is 0 Å². The van der Waals surface area contributed by atoms with Gasteiger partial charge in [-0.05, 0) is 49.8 Å². The molecular formula is C12H23NS. The second kappa shape index (κ2) is 4.89. The Balaban J connectivity index is 1.62. The van der Waals surface area contributed by atoms with Gasteiger partial charge < -0.3 is 5.32 Å². The summed E-state index contributed by atoms with van der Waals surface area (Å²) in [6.45, 7) is 4.78. The van der Waals surface area contributed by atoms with E-state index in [2.05, 4.69) is 18.5 Å². The van der Waals surface area contributed by atoms with Crippen molar-refractivity contribution in [3.8, 4) is 0 Å². The van der Waals surface area contributed by atoms with Gasteiger partial charge in [-0.25, -0.2) is 0 Å². The summed E-state index contributed by atoms with van der Waals surface area (Å²) < 4.78 is 0. The van der Waals surface area contributed by atoms with Gasteiger partial charge in [0.05, 0.1) is 0 Å². The van der Waals surface area contributed by atoms with E-state index in [0.29, 0.717) is 0 Å². The fourth-order valence-corrected chi connectivity index (χ4v) is 3.47. The first-order valence-electron chi connectivity index (χ1n) is 6.03. The molecule has 2 heteroatoms. The van der Waals surface area contributed by atoms with Gasteiger partial charge in [-0.15, -0.1) is 0 Å². The first-order valence-corrected chi connectivity index (χ1v) is 7.32. The van der Waals surface area contributed by atoms with E-state index in [-0.39, 0.29) is 0 Å². The highest BCUT2D eigenvalue weighted by Crippen LogP contribution is 2.47. The van der Waals surface area contributed by atoms with Crippen molar-refractivity contribution in [1.82, 2.24) is 5.32 Å². The molecule has 1 N–H and O–H groups in total. The molecule has 2 fully saturated rings. The van der Waals surface area contributed by atoms with E-state index in [9.17, 15) is 0 Å². The van der Waals surface area contributed by atoms with Crippen LogP contribution in [0.25, 0.3) is 0 Å². The van der Waals surface area contributed by atoms with Crippen LogP contribution in [-0.2, 0) is 0 Å². The molecule has 0 aromatic heterocycles. The highest BCUT2D eigenvalue weighted by atomic mass is 32.2. The molecule has 0 radical (unpaired) electrons. The fourth-order valence-electron chi connectivity index (χ4n) is 3.18. The van der Waals surface area contributed by atoms with Crippen molar-refractivity contribution in [2.75, 3.05) is 19.3 Å². The first-order chi connectivity index (χ1) is 6.79. The summed E-state index contributed by atoms with van der Waals surface area (Å²) in [5, 5.41) is 4.41. The van der Waals surface area contributed by atoms with E-state index in [1.54, 1.807) is 6.42 Å². The first kappa shape index (κ1) is 10.8. The number of rotatable bonds is 5. The van der Waals surface area contributed by atoms with Gasteiger partial charge in [0, 0.05) is 11.8 Å². The Labute approximate surface area is 92.4 Å². The van der Waals surface area contributed by atoms with Crippen LogP contribution in [0.15, 0.2) is 0 Å². The molecular weight excluding hydrogens is 190 g/mol. The molecule has 4 unspecified atom stereocenters. The Hall–Kier alpha value is 0.310. The van der Waals surface area contributed by atoms with Crippen LogP contribution in [0.3, 0.4) is 0 Å². The van der Waals surface area contributed by atoms with Crippen molar-refractivity contribution in [2.24, 2.45) is 17.8 Å². The van der Waals surface area contributed by atoms with E-state index >= 15 is 0 Å². The number of hydrogen-bond acceptors (Lipinski definition) is 2. The Morgan fingerprint density at radius 2 is 2.21 bits per heavy atom. The van der Waals surface area contributed by atoms with Crippen LogP contribution in [0.5, 0.6) is 0 Å². The highest BCUT2D eigenvalue weighted by molar-refractivity contribution is 7.99. The number of thioether (sulfide) groups is 1. The molecule has 0 heterocycles. The minimum Gasteiger partial charge on any atom is -0.315 e. The molecule has 0 saturated heterocycles. The van der Waals surface area contributed by atoms with Crippen molar-refractivity contribution < 1.29 is 0 Å². The second-order valence-corrected chi connectivity index (χ2v) is 6.42. The monoisotopic (exact) mass is 213 g/mol. The van der Waals surface area contributed by atoms with Gasteiger partial charge in [0.1, 0.15) is 0 Å². The van der Waals surface area contributed by atoms with Crippen molar-refractivity contribution in [2.45, 2.75) is 37.9 Å². The van der Waals surface area contributed by atoms with Crippen molar-refractivity contribution in [1.29, 1.82) is 0 Å². The fraction of sp³-hybridized carbons (Fsp3) is 1.00. The lowest BCUT2D eigenvalue weighted by atomic mass is 9.89. The molecule has 0 amide bonds. The van der Waals surface area contributed by atoms with Crippen LogP contribution in [0.4, 0.5) is 0 Å². The summed E-state index contributed by atoms with van der Waals surface area (Å²) in [5.74, 6) is 3.20. The Bertz CT molecular complexity index is 183. The lowest BCUT2D eigenvalue weighted by Gasteiger charge is -2.22. The third kappa shape index (κ3) is 2.46. The third-order valence-corrected chi connectivity index (χ3v) is 5.10. The van der Waals surface area contributed by atoms with E-state index in [1.807, 2.05) is 11.8 Å². The molecule has 2 saturated carbocycles. The van der Waals surface area contributed by atoms with E-state index in [1.165, 1.54) is 32.4 Å². The summed E-state index contributed by atoms with van der Waals surface area (Å²) in [4.78, 5) is 0. The van der Waals surface area contributed by atoms with Gasteiger partial charge >= 0.3 is 0 Å². The van der Waals surface area contributed by atoms with Crippen molar-refractivity contribution >= 4 is 11.8 Å². The lowest BCUT2D eigenvalue weighted by Crippen LogP contribution is -2.30. The Morgan fingerprint density at radius 1 is 1.36 bits per heavy atom. The third-order valence-electron chi connectivity index (χ3n) is 4.13. The summed E-state index contributed by atoms with van der Waals surface area (Å²) in [6.07, 6.45) is 8.32. The molecule has 1 nitrogen and oxygen atoms in total. The SMILES string of the molecule is CSC(C)CNCC1CC2CCC1C2. The molecule has 82 valence electrons. The van der Waals surface area contributed by atoms with E-state index < -0.39 is 0 Å². The Kier molecular flexibility index (Phi) is 3.78. The molecule has 2 aliphatic carbocycles. The molecule has 0 aliphatic heterocycles. The summed E-state index contributed by atoms with van der Waals surface area (Å²) in [5.41, 5.74) is 0. The van der Waals surface area contributed by atoms with Crippen molar-refractivity contribution in [3.05, 3.63) is 0 Å². The largest absolute Gasteiger partial charge is 0.315 e. The van der Waals surface area contributed by atoms with Crippen LogP contribution in [0, 0.1) is 17.8 Å². The predicted octanol–water partition coefficient (Wildman–Crippen LogP) is 2.76. The molecule has 4 atom stereocenters. The van der Waals surface area contributed by atoms with Gasteiger partial charge in [-0.3, -0.25) is 0 Å². The maximum atomic E-state index is 3.64. The van der Waals surface area contributed by atoms with Gasteiger partial charge in [0.2, 0.25) is 0 Å². The van der Waals surface area contributed by atoms with Crippen LogP contribution in [-0.4, -0.2) is 24.6 Å². The molecule has 2 rings (SSSR count). The molecule has 0 spiro atoms. The van der Waals surface area contributed by atoms with Crippen LogP contribution in [0.1, 0.15) is 32.6 Å². The average Bonchev–Trinajstić information content (AvgIpc) is 2.79. The standard InChI is InChI=1S/C12H23NS/c1-9(14-2)7-13-8-12-6-10-3-4-11(12)5-10/h9-13H,3-8H2,1-2H3.